The van der Waals surface area contributed by atoms with Crippen molar-refractivity contribution in [2.24, 2.45) is 5.92 Å². The van der Waals surface area contributed by atoms with Crippen LogP contribution in [0.2, 0.25) is 0 Å². The van der Waals surface area contributed by atoms with Crippen LogP contribution >= 0.6 is 15.9 Å². The average molecular weight is 352 g/mol. The third kappa shape index (κ3) is 4.07. The van der Waals surface area contributed by atoms with Gasteiger partial charge in [0.2, 0.25) is 5.91 Å². The van der Waals surface area contributed by atoms with Gasteiger partial charge in [-0.05, 0) is 40.5 Å². The van der Waals surface area contributed by atoms with E-state index in [1.807, 2.05) is 38.2 Å². The zero-order valence-corrected chi connectivity index (χ0v) is 13.8. The van der Waals surface area contributed by atoms with Crippen molar-refractivity contribution in [3.05, 3.63) is 40.6 Å². The smallest absolute Gasteiger partial charge is 0.229 e. The minimum Gasteiger partial charge on any atom is -0.495 e. The highest BCUT2D eigenvalue weighted by Crippen LogP contribution is 2.25. The normalized spacial score (nSPS) is 12.0. The number of aromatic nitrogens is 2. The molecule has 1 atom stereocenters. The van der Waals surface area contributed by atoms with E-state index in [-0.39, 0.29) is 11.8 Å². The van der Waals surface area contributed by atoms with Gasteiger partial charge >= 0.3 is 0 Å². The maximum atomic E-state index is 12.3. The number of aryl methyl sites for hydroxylation is 1. The van der Waals surface area contributed by atoms with Crippen LogP contribution in [0.25, 0.3) is 0 Å². The molecular weight excluding hydrogens is 334 g/mol. The lowest BCUT2D eigenvalue weighted by atomic mass is 10.1. The molecule has 21 heavy (non-hydrogen) atoms. The van der Waals surface area contributed by atoms with E-state index >= 15 is 0 Å². The van der Waals surface area contributed by atoms with Gasteiger partial charge in [0.15, 0.2) is 0 Å². The number of hydrogen-bond donors (Lipinski definition) is 1. The zero-order chi connectivity index (χ0) is 15.4. The van der Waals surface area contributed by atoms with Gasteiger partial charge in [-0.15, -0.1) is 0 Å². The topological polar surface area (TPSA) is 56.1 Å². The highest BCUT2D eigenvalue weighted by molar-refractivity contribution is 9.10. The molecule has 0 aliphatic rings. The van der Waals surface area contributed by atoms with Crippen LogP contribution < -0.4 is 10.1 Å². The zero-order valence-electron chi connectivity index (χ0n) is 12.3. The fourth-order valence-electron chi connectivity index (χ4n) is 1.98. The second-order valence-corrected chi connectivity index (χ2v) is 5.89. The molecule has 0 bridgehead atoms. The van der Waals surface area contributed by atoms with Crippen LogP contribution in [0, 0.1) is 12.8 Å². The number of rotatable bonds is 5. The van der Waals surface area contributed by atoms with Gasteiger partial charge in [0, 0.05) is 6.20 Å². The molecule has 112 valence electrons. The number of carbonyl (C=O) groups excluding carboxylic acids is 1. The molecule has 0 fully saturated rings. The van der Waals surface area contributed by atoms with Crippen molar-refractivity contribution in [2.75, 3.05) is 12.4 Å². The molecule has 0 saturated carbocycles. The highest BCUT2D eigenvalue weighted by Gasteiger charge is 2.16. The quantitative estimate of drug-likeness (QED) is 0.899. The molecule has 1 aromatic carbocycles. The summed E-state index contributed by atoms with van der Waals surface area (Å²) >= 11 is 3.34. The molecule has 1 heterocycles. The Morgan fingerprint density at radius 1 is 1.52 bits per heavy atom. The molecule has 0 unspecified atom stereocenters. The fourth-order valence-corrected chi connectivity index (χ4v) is 2.31. The number of nitrogens with one attached hydrogen (secondary N) is 1. The van der Waals surface area contributed by atoms with Gasteiger partial charge in [0.05, 0.1) is 35.9 Å². The van der Waals surface area contributed by atoms with Gasteiger partial charge < -0.3 is 10.1 Å². The minimum atomic E-state index is -0.206. The number of anilines is 1. The first-order valence-electron chi connectivity index (χ1n) is 6.63. The van der Waals surface area contributed by atoms with Crippen molar-refractivity contribution in [2.45, 2.75) is 20.4 Å². The molecule has 1 N–H and O–H groups in total. The number of nitrogens with zero attached hydrogens (tertiary/aromatic N) is 2. The van der Waals surface area contributed by atoms with Gasteiger partial charge in [0.1, 0.15) is 5.75 Å². The summed E-state index contributed by atoms with van der Waals surface area (Å²) in [5.41, 5.74) is 1.76. The van der Waals surface area contributed by atoms with Crippen LogP contribution in [0.4, 0.5) is 5.69 Å². The molecule has 6 heteroatoms. The molecule has 1 aromatic heterocycles. The number of carbonyl (C=O) groups is 1. The van der Waals surface area contributed by atoms with Crippen molar-refractivity contribution < 1.29 is 9.53 Å². The van der Waals surface area contributed by atoms with Gasteiger partial charge in [-0.2, -0.15) is 5.10 Å². The first-order chi connectivity index (χ1) is 9.99. The molecule has 2 aromatic rings. The van der Waals surface area contributed by atoms with Crippen LogP contribution in [0.3, 0.4) is 0 Å². The van der Waals surface area contributed by atoms with E-state index in [2.05, 4.69) is 26.3 Å². The predicted molar refractivity (Wildman–Crippen MR) is 85.5 cm³/mol. The van der Waals surface area contributed by atoms with Gasteiger partial charge in [-0.1, -0.05) is 13.0 Å². The van der Waals surface area contributed by atoms with Crippen LogP contribution in [0.5, 0.6) is 5.75 Å². The largest absolute Gasteiger partial charge is 0.495 e. The molecule has 0 aliphatic heterocycles. The molecule has 1 amide bonds. The molecule has 0 radical (unpaired) electrons. The van der Waals surface area contributed by atoms with Crippen molar-refractivity contribution >= 4 is 27.5 Å². The summed E-state index contributed by atoms with van der Waals surface area (Å²) in [7, 11) is 1.59. The number of halogens is 1. The summed E-state index contributed by atoms with van der Waals surface area (Å²) in [6, 6.07) is 5.69. The Balaban J connectivity index is 2.05. The van der Waals surface area contributed by atoms with Crippen LogP contribution in [0.15, 0.2) is 35.1 Å². The Labute approximate surface area is 132 Å². The van der Waals surface area contributed by atoms with E-state index in [0.717, 1.165) is 10.0 Å². The van der Waals surface area contributed by atoms with E-state index in [9.17, 15) is 4.79 Å². The van der Waals surface area contributed by atoms with Crippen LogP contribution in [0.1, 0.15) is 12.5 Å². The summed E-state index contributed by atoms with van der Waals surface area (Å²) in [6.45, 7) is 4.36. The number of hydrogen-bond acceptors (Lipinski definition) is 3. The van der Waals surface area contributed by atoms with Crippen molar-refractivity contribution in [1.29, 1.82) is 0 Å². The Morgan fingerprint density at radius 2 is 2.29 bits per heavy atom. The summed E-state index contributed by atoms with van der Waals surface area (Å²) in [4.78, 5) is 12.3. The third-order valence-electron chi connectivity index (χ3n) is 3.12. The molecule has 2 rings (SSSR count). The number of ether oxygens (including phenoxy) is 1. The van der Waals surface area contributed by atoms with E-state index < -0.39 is 0 Å². The fraction of sp³-hybridized carbons (Fsp3) is 0.333. The first-order valence-corrected chi connectivity index (χ1v) is 7.42. The number of benzene rings is 1. The maximum absolute atomic E-state index is 12.3. The predicted octanol–water partition coefficient (Wildman–Crippen LogP) is 3.24. The number of methoxy groups -OCH3 is 1. The summed E-state index contributed by atoms with van der Waals surface area (Å²) < 4.78 is 7.90. The van der Waals surface area contributed by atoms with E-state index in [0.29, 0.717) is 18.0 Å². The molecule has 0 saturated heterocycles. The van der Waals surface area contributed by atoms with Crippen molar-refractivity contribution in [1.82, 2.24) is 9.78 Å². The molecule has 0 aliphatic carbocycles. The number of amides is 1. The molecule has 5 nitrogen and oxygen atoms in total. The summed E-state index contributed by atoms with van der Waals surface area (Å²) in [5, 5.41) is 7.07. The second kappa shape index (κ2) is 6.76. The lowest BCUT2D eigenvalue weighted by Gasteiger charge is -2.15. The first kappa shape index (κ1) is 15.6. The Kier molecular flexibility index (Phi) is 5.01. The Bertz CT molecular complexity index is 640. The van der Waals surface area contributed by atoms with Crippen molar-refractivity contribution in [3.8, 4) is 5.75 Å². The van der Waals surface area contributed by atoms with Crippen LogP contribution in [-0.4, -0.2) is 22.8 Å². The van der Waals surface area contributed by atoms with Gasteiger partial charge in [0.25, 0.3) is 0 Å². The Morgan fingerprint density at radius 3 is 2.90 bits per heavy atom. The maximum Gasteiger partial charge on any atom is 0.229 e. The lowest BCUT2D eigenvalue weighted by Crippen LogP contribution is -2.24. The van der Waals surface area contributed by atoms with Gasteiger partial charge in [-0.25, -0.2) is 0 Å². The van der Waals surface area contributed by atoms with Crippen LogP contribution in [-0.2, 0) is 11.3 Å². The molecule has 0 spiro atoms. The second-order valence-electron chi connectivity index (χ2n) is 4.97. The standard InChI is InChI=1S/C15H18BrN3O2/c1-10-4-5-14(21-3)13(6-10)18-15(20)11(2)8-19-9-12(16)7-17-19/h4-7,9,11H,8H2,1-3H3,(H,18,20)/t11-/m0/s1. The monoisotopic (exact) mass is 351 g/mol. The average Bonchev–Trinajstić information content (AvgIpc) is 2.84. The van der Waals surface area contributed by atoms with Gasteiger partial charge in [-0.3, -0.25) is 9.48 Å². The van der Waals surface area contributed by atoms with E-state index in [1.54, 1.807) is 18.0 Å². The SMILES string of the molecule is COc1ccc(C)cc1NC(=O)[C@@H](C)Cn1cc(Br)cn1. The highest BCUT2D eigenvalue weighted by atomic mass is 79.9. The van der Waals surface area contributed by atoms with Crippen molar-refractivity contribution in [3.63, 3.8) is 0 Å². The minimum absolute atomic E-state index is 0.0643. The summed E-state index contributed by atoms with van der Waals surface area (Å²) in [5.74, 6) is 0.385. The third-order valence-corrected chi connectivity index (χ3v) is 3.53. The summed E-state index contributed by atoms with van der Waals surface area (Å²) in [6.07, 6.45) is 3.55. The molecular formula is C15H18BrN3O2. The van der Waals surface area contributed by atoms with E-state index in [4.69, 9.17) is 4.74 Å². The Hall–Kier alpha value is -1.82. The van der Waals surface area contributed by atoms with E-state index in [1.165, 1.54) is 0 Å². The lowest BCUT2D eigenvalue weighted by molar-refractivity contribution is -0.119.